The van der Waals surface area contributed by atoms with Crippen molar-refractivity contribution in [3.05, 3.63) is 43.5 Å². The van der Waals surface area contributed by atoms with Crippen LogP contribution in [0.2, 0.25) is 0 Å². The van der Waals surface area contributed by atoms with Gasteiger partial charge in [-0.1, -0.05) is 13.3 Å². The highest BCUT2D eigenvalue weighted by Gasteiger charge is 2.25. The summed E-state index contributed by atoms with van der Waals surface area (Å²) in [7, 11) is 0. The third-order valence-corrected chi connectivity index (χ3v) is 2.66. The summed E-state index contributed by atoms with van der Waals surface area (Å²) < 4.78 is 0. The zero-order chi connectivity index (χ0) is 14.6. The first-order valence-corrected chi connectivity index (χ1v) is 5.64. The molecule has 0 saturated heterocycles. The molecule has 0 aliphatic carbocycles. The van der Waals surface area contributed by atoms with Crippen molar-refractivity contribution in [1.29, 1.82) is 0 Å². The Morgan fingerprint density at radius 2 is 1.89 bits per heavy atom. The molecule has 1 aromatic carbocycles. The van der Waals surface area contributed by atoms with Gasteiger partial charge >= 0.3 is 0 Å². The molecule has 0 radical (unpaired) electrons. The van der Waals surface area contributed by atoms with Crippen LogP contribution in [0.4, 0.5) is 11.4 Å². The number of carbonyl (C=O) groups excluding carboxylic acids is 1. The van der Waals surface area contributed by atoms with E-state index in [9.17, 15) is 25.0 Å². The van der Waals surface area contributed by atoms with Crippen LogP contribution >= 0.6 is 0 Å². The summed E-state index contributed by atoms with van der Waals surface area (Å²) >= 11 is 0. The molecule has 2 N–H and O–H groups in total. The van der Waals surface area contributed by atoms with Crippen LogP contribution in [0.1, 0.15) is 35.7 Å². The fourth-order valence-electron chi connectivity index (χ4n) is 1.75. The van der Waals surface area contributed by atoms with Crippen LogP contribution in [0.3, 0.4) is 0 Å². The lowest BCUT2D eigenvalue weighted by Crippen LogP contribution is -2.15. The number of amides is 1. The molecule has 0 spiro atoms. The second-order valence-electron chi connectivity index (χ2n) is 3.97. The Bertz CT molecular complexity index is 506. The van der Waals surface area contributed by atoms with Gasteiger partial charge in [0.05, 0.1) is 21.5 Å². The maximum atomic E-state index is 11.3. The topological polar surface area (TPSA) is 129 Å². The predicted octanol–water partition coefficient (Wildman–Crippen LogP) is 1.94. The highest BCUT2D eigenvalue weighted by Crippen LogP contribution is 2.29. The predicted molar refractivity (Wildman–Crippen MR) is 66.9 cm³/mol. The second-order valence-corrected chi connectivity index (χ2v) is 3.97. The number of non-ortho nitro benzene ring substituents is 1. The van der Waals surface area contributed by atoms with Crippen LogP contribution in [0.5, 0.6) is 0 Å². The second kappa shape index (κ2) is 5.89. The minimum atomic E-state index is -0.905. The van der Waals surface area contributed by atoms with E-state index in [0.29, 0.717) is 6.42 Å². The molecule has 19 heavy (non-hydrogen) atoms. The molecule has 0 fully saturated rings. The van der Waals surface area contributed by atoms with Crippen molar-refractivity contribution in [1.82, 2.24) is 0 Å². The summed E-state index contributed by atoms with van der Waals surface area (Å²) in [6.45, 7) is 1.89. The third kappa shape index (κ3) is 3.24. The van der Waals surface area contributed by atoms with E-state index in [1.54, 1.807) is 0 Å². The zero-order valence-corrected chi connectivity index (χ0v) is 10.3. The maximum Gasteiger partial charge on any atom is 0.280 e. The Kier molecular flexibility index (Phi) is 4.51. The van der Waals surface area contributed by atoms with Crippen LogP contribution in [0, 0.1) is 20.2 Å². The van der Waals surface area contributed by atoms with Gasteiger partial charge in [0.2, 0.25) is 5.91 Å². The molecule has 0 saturated carbocycles. The van der Waals surface area contributed by atoms with Gasteiger partial charge in [-0.05, 0) is 12.8 Å². The molecular weight excluding hydrogens is 254 g/mol. The lowest BCUT2D eigenvalue weighted by molar-refractivity contribution is -0.394. The molecule has 0 unspecified atom stereocenters. The van der Waals surface area contributed by atoms with Gasteiger partial charge in [0.25, 0.3) is 11.4 Å². The number of hydrogen-bond acceptors (Lipinski definition) is 5. The van der Waals surface area contributed by atoms with Crippen LogP contribution < -0.4 is 5.73 Å². The van der Waals surface area contributed by atoms with Crippen molar-refractivity contribution in [2.45, 2.75) is 26.2 Å². The van der Waals surface area contributed by atoms with E-state index in [4.69, 9.17) is 5.73 Å². The number of carbonyl (C=O) groups is 1. The van der Waals surface area contributed by atoms with Gasteiger partial charge in [-0.3, -0.25) is 25.0 Å². The molecule has 0 atom stereocenters. The first-order chi connectivity index (χ1) is 8.88. The largest absolute Gasteiger partial charge is 0.366 e. The van der Waals surface area contributed by atoms with Crippen molar-refractivity contribution in [3.8, 4) is 0 Å². The quantitative estimate of drug-likeness (QED) is 0.621. The number of nitro benzene ring substituents is 2. The third-order valence-electron chi connectivity index (χ3n) is 2.66. The van der Waals surface area contributed by atoms with Gasteiger partial charge in [-0.25, -0.2) is 0 Å². The molecule has 8 heteroatoms. The molecule has 0 heterocycles. The number of benzene rings is 1. The maximum absolute atomic E-state index is 11.3. The Morgan fingerprint density at radius 3 is 2.32 bits per heavy atom. The molecule has 1 aromatic rings. The van der Waals surface area contributed by atoms with E-state index < -0.39 is 27.1 Å². The number of primary amides is 1. The van der Waals surface area contributed by atoms with Crippen molar-refractivity contribution in [3.63, 3.8) is 0 Å². The Hall–Kier alpha value is -2.51. The zero-order valence-electron chi connectivity index (χ0n) is 10.3. The Labute approximate surface area is 108 Å². The number of unbranched alkanes of at least 4 members (excludes halogenated alkanes) is 1. The smallest absolute Gasteiger partial charge is 0.280 e. The summed E-state index contributed by atoms with van der Waals surface area (Å²) in [5, 5.41) is 21.7. The average Bonchev–Trinajstić information content (AvgIpc) is 2.34. The summed E-state index contributed by atoms with van der Waals surface area (Å²) in [6.07, 6.45) is 1.67. The fraction of sp³-hybridized carbons (Fsp3) is 0.364. The van der Waals surface area contributed by atoms with Gasteiger partial charge in [0.15, 0.2) is 0 Å². The Morgan fingerprint density at radius 1 is 1.26 bits per heavy atom. The van der Waals surface area contributed by atoms with Crippen LogP contribution in [0.25, 0.3) is 0 Å². The molecule has 1 rings (SSSR count). The molecule has 0 aromatic heterocycles. The molecule has 0 aliphatic heterocycles. The minimum Gasteiger partial charge on any atom is -0.366 e. The fourth-order valence-corrected chi connectivity index (χ4v) is 1.75. The SMILES string of the molecule is CCCCc1c(C(N)=O)cc([N+](=O)[O-])cc1[N+](=O)[O-]. The number of nitrogens with zero attached hydrogens (tertiary/aromatic N) is 2. The first-order valence-electron chi connectivity index (χ1n) is 5.64. The van der Waals surface area contributed by atoms with Crippen molar-refractivity contribution in [2.24, 2.45) is 5.73 Å². The highest BCUT2D eigenvalue weighted by atomic mass is 16.6. The summed E-state index contributed by atoms with van der Waals surface area (Å²) in [4.78, 5) is 31.5. The summed E-state index contributed by atoms with van der Waals surface area (Å²) in [5.74, 6) is -0.905. The van der Waals surface area contributed by atoms with Gasteiger partial charge in [-0.15, -0.1) is 0 Å². The lowest BCUT2D eigenvalue weighted by Gasteiger charge is -2.07. The van der Waals surface area contributed by atoms with E-state index >= 15 is 0 Å². The molecule has 1 amide bonds. The Balaban J connectivity index is 3.50. The normalized spacial score (nSPS) is 10.2. The monoisotopic (exact) mass is 267 g/mol. The summed E-state index contributed by atoms with van der Waals surface area (Å²) in [5.41, 5.74) is 4.19. The van der Waals surface area contributed by atoms with Crippen LogP contribution in [-0.2, 0) is 6.42 Å². The van der Waals surface area contributed by atoms with E-state index in [2.05, 4.69) is 0 Å². The number of hydrogen-bond donors (Lipinski definition) is 1. The number of nitrogens with two attached hydrogens (primary N) is 1. The standard InChI is InChI=1S/C11H13N3O5/c1-2-3-4-8-9(11(12)15)5-7(13(16)17)6-10(8)14(18)19/h5-6H,2-4H2,1H3,(H2,12,15). The van der Waals surface area contributed by atoms with Crippen molar-refractivity contribution < 1.29 is 14.6 Å². The molecule has 0 bridgehead atoms. The van der Waals surface area contributed by atoms with Gasteiger partial charge in [-0.2, -0.15) is 0 Å². The number of rotatable bonds is 6. The summed E-state index contributed by atoms with van der Waals surface area (Å²) in [6, 6.07) is 1.84. The van der Waals surface area contributed by atoms with E-state index in [0.717, 1.165) is 18.6 Å². The average molecular weight is 267 g/mol. The molecule has 8 nitrogen and oxygen atoms in total. The van der Waals surface area contributed by atoms with Crippen molar-refractivity contribution >= 4 is 17.3 Å². The minimum absolute atomic E-state index is 0.157. The molecule has 102 valence electrons. The molecular formula is C11H13N3O5. The van der Waals surface area contributed by atoms with Gasteiger partial charge < -0.3 is 5.73 Å². The lowest BCUT2D eigenvalue weighted by atomic mass is 9.98. The van der Waals surface area contributed by atoms with Gasteiger partial charge in [0, 0.05) is 11.6 Å². The molecule has 0 aliphatic rings. The number of nitro groups is 2. The van der Waals surface area contributed by atoms with E-state index in [-0.39, 0.29) is 17.5 Å². The van der Waals surface area contributed by atoms with Crippen molar-refractivity contribution in [2.75, 3.05) is 0 Å². The van der Waals surface area contributed by atoms with Crippen LogP contribution in [0.15, 0.2) is 12.1 Å². The van der Waals surface area contributed by atoms with E-state index in [1.165, 1.54) is 0 Å². The van der Waals surface area contributed by atoms with Gasteiger partial charge in [0.1, 0.15) is 0 Å². The first kappa shape index (κ1) is 14.6. The van der Waals surface area contributed by atoms with Crippen LogP contribution in [-0.4, -0.2) is 15.8 Å². The van der Waals surface area contributed by atoms with E-state index in [1.807, 2.05) is 6.92 Å². The highest BCUT2D eigenvalue weighted by molar-refractivity contribution is 5.96.